The van der Waals surface area contributed by atoms with Gasteiger partial charge in [0.05, 0.1) is 12.7 Å². The fraction of sp³-hybridized carbons (Fsp3) is 0.917. The van der Waals surface area contributed by atoms with Crippen LogP contribution < -0.4 is 0 Å². The highest BCUT2D eigenvalue weighted by atomic mass is 16.7. The van der Waals surface area contributed by atoms with Crippen molar-refractivity contribution < 1.29 is 19.0 Å². The SMILES string of the molecule is CO[C@@H]1OC(=O)[C@]23CO[C@@H]4C[C@H](C)[C@H]([C@@H]12)[C@@H]43. The van der Waals surface area contributed by atoms with E-state index in [1.807, 2.05) is 0 Å². The van der Waals surface area contributed by atoms with Crippen molar-refractivity contribution in [3.63, 3.8) is 0 Å². The Morgan fingerprint density at radius 2 is 2.25 bits per heavy atom. The maximum absolute atomic E-state index is 12.1. The quantitative estimate of drug-likeness (QED) is 0.618. The van der Waals surface area contributed by atoms with Crippen LogP contribution in [-0.2, 0) is 19.0 Å². The van der Waals surface area contributed by atoms with E-state index in [0.29, 0.717) is 30.5 Å². The third kappa shape index (κ3) is 0.721. The Morgan fingerprint density at radius 3 is 3.00 bits per heavy atom. The van der Waals surface area contributed by atoms with E-state index >= 15 is 0 Å². The molecule has 4 rings (SSSR count). The van der Waals surface area contributed by atoms with Crippen LogP contribution in [0.3, 0.4) is 0 Å². The van der Waals surface area contributed by atoms with Gasteiger partial charge < -0.3 is 14.2 Å². The first-order valence-electron chi connectivity index (χ1n) is 6.05. The molecule has 4 aliphatic rings. The van der Waals surface area contributed by atoms with E-state index in [2.05, 4.69) is 6.92 Å². The summed E-state index contributed by atoms with van der Waals surface area (Å²) < 4.78 is 16.5. The molecule has 7 atom stereocenters. The molecule has 4 fully saturated rings. The Kier molecular flexibility index (Phi) is 1.54. The Bertz CT molecular complexity index is 368. The van der Waals surface area contributed by atoms with E-state index < -0.39 is 0 Å². The Hall–Kier alpha value is -0.610. The molecule has 4 nitrogen and oxygen atoms in total. The standard InChI is InChI=1S/C12H16O4/c1-5-3-6-8-7(5)9-10(14-2)16-11(13)12(8,9)4-15-6/h5-10H,3-4H2,1-2H3/t5-,6+,7-,8+,9-,10+,12-/m0/s1. The highest BCUT2D eigenvalue weighted by molar-refractivity contribution is 5.83. The Balaban J connectivity index is 1.80. The van der Waals surface area contributed by atoms with Crippen LogP contribution in [0.15, 0.2) is 0 Å². The number of methoxy groups -OCH3 is 1. The van der Waals surface area contributed by atoms with Crippen LogP contribution in [0, 0.1) is 29.1 Å². The molecule has 1 spiro atoms. The molecular weight excluding hydrogens is 208 g/mol. The summed E-state index contributed by atoms with van der Waals surface area (Å²) in [5.74, 6) is 1.74. The number of fused-ring (bicyclic) bond motifs is 1. The third-order valence-corrected chi connectivity index (χ3v) is 5.35. The van der Waals surface area contributed by atoms with Gasteiger partial charge in [0.1, 0.15) is 5.41 Å². The molecule has 0 unspecified atom stereocenters. The van der Waals surface area contributed by atoms with Crippen LogP contribution in [0.4, 0.5) is 0 Å². The van der Waals surface area contributed by atoms with Crippen molar-refractivity contribution in [2.24, 2.45) is 29.1 Å². The van der Waals surface area contributed by atoms with Gasteiger partial charge in [0, 0.05) is 18.9 Å². The molecular formula is C12H16O4. The lowest BCUT2D eigenvalue weighted by Gasteiger charge is -2.50. The van der Waals surface area contributed by atoms with E-state index in [0.717, 1.165) is 6.42 Å². The molecule has 2 aliphatic carbocycles. The van der Waals surface area contributed by atoms with Gasteiger partial charge in [-0.05, 0) is 18.3 Å². The molecule has 0 N–H and O–H groups in total. The smallest absolute Gasteiger partial charge is 0.317 e. The number of hydrogen-bond acceptors (Lipinski definition) is 4. The maximum atomic E-state index is 12.1. The van der Waals surface area contributed by atoms with Gasteiger partial charge in [-0.2, -0.15) is 0 Å². The molecule has 0 bridgehead atoms. The molecule has 2 saturated heterocycles. The molecule has 2 saturated carbocycles. The molecule has 4 heteroatoms. The lowest BCUT2D eigenvalue weighted by atomic mass is 9.48. The van der Waals surface area contributed by atoms with Crippen molar-refractivity contribution in [3.8, 4) is 0 Å². The summed E-state index contributed by atoms with van der Waals surface area (Å²) in [5.41, 5.74) is -0.346. The number of ether oxygens (including phenoxy) is 3. The number of carbonyl (C=O) groups is 1. The fourth-order valence-corrected chi connectivity index (χ4v) is 4.82. The average Bonchev–Trinajstić information content (AvgIpc) is 2.73. The second-order valence-corrected chi connectivity index (χ2v) is 5.74. The topological polar surface area (TPSA) is 44.8 Å². The highest BCUT2D eigenvalue weighted by Gasteiger charge is 2.81. The highest BCUT2D eigenvalue weighted by Crippen LogP contribution is 2.72. The van der Waals surface area contributed by atoms with Crippen LogP contribution in [0.1, 0.15) is 13.3 Å². The number of carbonyl (C=O) groups excluding carboxylic acids is 1. The van der Waals surface area contributed by atoms with Crippen molar-refractivity contribution in [2.75, 3.05) is 13.7 Å². The van der Waals surface area contributed by atoms with E-state index in [9.17, 15) is 4.79 Å². The van der Waals surface area contributed by atoms with E-state index in [-0.39, 0.29) is 23.6 Å². The van der Waals surface area contributed by atoms with Crippen LogP contribution >= 0.6 is 0 Å². The van der Waals surface area contributed by atoms with Gasteiger partial charge in [0.25, 0.3) is 0 Å². The fourth-order valence-electron chi connectivity index (χ4n) is 4.82. The normalized spacial score (nSPS) is 61.5. The second kappa shape index (κ2) is 2.62. The zero-order valence-corrected chi connectivity index (χ0v) is 9.51. The minimum absolute atomic E-state index is 0.0813. The Labute approximate surface area is 94.2 Å². The van der Waals surface area contributed by atoms with Gasteiger partial charge in [-0.1, -0.05) is 6.92 Å². The van der Waals surface area contributed by atoms with Gasteiger partial charge in [-0.15, -0.1) is 0 Å². The first kappa shape index (κ1) is 9.42. The lowest BCUT2D eigenvalue weighted by Crippen LogP contribution is -2.59. The summed E-state index contributed by atoms with van der Waals surface area (Å²) in [6.07, 6.45) is 1.05. The number of cyclic esters (lactones) is 1. The minimum Gasteiger partial charge on any atom is -0.435 e. The summed E-state index contributed by atoms with van der Waals surface area (Å²) in [5, 5.41) is 0. The molecule has 2 aliphatic heterocycles. The molecule has 0 radical (unpaired) electrons. The van der Waals surface area contributed by atoms with Crippen molar-refractivity contribution in [2.45, 2.75) is 25.7 Å². The molecule has 88 valence electrons. The van der Waals surface area contributed by atoms with Crippen LogP contribution in [0.5, 0.6) is 0 Å². The van der Waals surface area contributed by atoms with Crippen LogP contribution in [-0.4, -0.2) is 32.1 Å². The molecule has 0 aromatic carbocycles. The maximum Gasteiger partial charge on any atom is 0.317 e. The van der Waals surface area contributed by atoms with Crippen LogP contribution in [0.25, 0.3) is 0 Å². The van der Waals surface area contributed by atoms with E-state index in [1.54, 1.807) is 7.11 Å². The summed E-state index contributed by atoms with van der Waals surface area (Å²) >= 11 is 0. The number of rotatable bonds is 1. The molecule has 0 amide bonds. The summed E-state index contributed by atoms with van der Waals surface area (Å²) in [6, 6.07) is 0. The van der Waals surface area contributed by atoms with Gasteiger partial charge in [-0.25, -0.2) is 0 Å². The Morgan fingerprint density at radius 1 is 1.44 bits per heavy atom. The first-order chi connectivity index (χ1) is 7.70. The van der Waals surface area contributed by atoms with Gasteiger partial charge in [0.2, 0.25) is 6.29 Å². The molecule has 2 heterocycles. The first-order valence-corrected chi connectivity index (χ1v) is 6.05. The summed E-state index contributed by atoms with van der Waals surface area (Å²) in [6.45, 7) is 2.81. The number of esters is 1. The van der Waals surface area contributed by atoms with Crippen molar-refractivity contribution >= 4 is 5.97 Å². The zero-order valence-electron chi connectivity index (χ0n) is 9.51. The minimum atomic E-state index is -0.346. The second-order valence-electron chi connectivity index (χ2n) is 5.74. The zero-order chi connectivity index (χ0) is 11.1. The molecule has 0 aromatic heterocycles. The van der Waals surface area contributed by atoms with Crippen LogP contribution in [0.2, 0.25) is 0 Å². The predicted molar refractivity (Wildman–Crippen MR) is 53.3 cm³/mol. The van der Waals surface area contributed by atoms with Gasteiger partial charge in [0.15, 0.2) is 0 Å². The van der Waals surface area contributed by atoms with Crippen molar-refractivity contribution in [1.29, 1.82) is 0 Å². The lowest BCUT2D eigenvalue weighted by molar-refractivity contribution is -0.163. The van der Waals surface area contributed by atoms with Crippen molar-refractivity contribution in [3.05, 3.63) is 0 Å². The summed E-state index contributed by atoms with van der Waals surface area (Å²) in [4.78, 5) is 12.1. The van der Waals surface area contributed by atoms with Gasteiger partial charge >= 0.3 is 5.97 Å². The van der Waals surface area contributed by atoms with E-state index in [1.165, 1.54) is 0 Å². The molecule has 16 heavy (non-hydrogen) atoms. The van der Waals surface area contributed by atoms with Crippen molar-refractivity contribution in [1.82, 2.24) is 0 Å². The van der Waals surface area contributed by atoms with E-state index in [4.69, 9.17) is 14.2 Å². The monoisotopic (exact) mass is 224 g/mol. The third-order valence-electron chi connectivity index (χ3n) is 5.35. The van der Waals surface area contributed by atoms with Gasteiger partial charge in [-0.3, -0.25) is 4.79 Å². The predicted octanol–water partition coefficient (Wildman–Crippen LogP) is 0.803. The number of hydrogen-bond donors (Lipinski definition) is 0. The largest absolute Gasteiger partial charge is 0.435 e. The average molecular weight is 224 g/mol. The summed E-state index contributed by atoms with van der Waals surface area (Å²) in [7, 11) is 1.62. The molecule has 0 aromatic rings.